The van der Waals surface area contributed by atoms with Gasteiger partial charge in [-0.15, -0.1) is 23.2 Å². The zero-order valence-corrected chi connectivity index (χ0v) is 13.1. The number of hydrogen-bond acceptors (Lipinski definition) is 2. The largest absolute Gasteiger partial charge is 0.482 e. The van der Waals surface area contributed by atoms with Gasteiger partial charge in [-0.05, 0) is 18.2 Å². The van der Waals surface area contributed by atoms with Gasteiger partial charge < -0.3 is 9.64 Å². The van der Waals surface area contributed by atoms with E-state index in [4.69, 9.17) is 51.1 Å². The molecule has 0 saturated carbocycles. The molecule has 3 nitrogen and oxygen atoms in total. The first-order valence-corrected chi connectivity index (χ1v) is 7.38. The molecule has 0 aromatic heterocycles. The van der Waals surface area contributed by atoms with Crippen molar-refractivity contribution in [1.29, 1.82) is 0 Å². The van der Waals surface area contributed by atoms with Gasteiger partial charge in [-0.3, -0.25) is 4.79 Å². The molecular weight excluding hydrogens is 332 g/mol. The molecule has 1 amide bonds. The number of nitrogens with zero attached hydrogens (tertiary/aromatic N) is 1. The molecule has 0 unspecified atom stereocenters. The van der Waals surface area contributed by atoms with E-state index in [1.165, 1.54) is 0 Å². The molecule has 1 aromatic rings. The quantitative estimate of drug-likeness (QED) is 0.706. The number of carbonyl (C=O) groups excluding carboxylic acids is 1. The number of ether oxygens (including phenoxy) is 1. The summed E-state index contributed by atoms with van der Waals surface area (Å²) in [5.74, 6) is 0.928. The highest BCUT2D eigenvalue weighted by Gasteiger charge is 2.13. The van der Waals surface area contributed by atoms with E-state index in [1.54, 1.807) is 23.1 Å². The molecule has 0 radical (unpaired) electrons. The number of alkyl halides is 2. The lowest BCUT2D eigenvalue weighted by atomic mass is 10.3. The SMILES string of the molecule is O=C(COc1ccc(Cl)cc1Cl)N(CCCl)CCCl. The first kappa shape index (κ1) is 16.7. The molecule has 1 rings (SSSR count). The average Bonchev–Trinajstić information content (AvgIpc) is 2.37. The van der Waals surface area contributed by atoms with Crippen LogP contribution in [0.3, 0.4) is 0 Å². The summed E-state index contributed by atoms with van der Waals surface area (Å²) in [6.07, 6.45) is 0. The summed E-state index contributed by atoms with van der Waals surface area (Å²) in [5, 5.41) is 0.871. The van der Waals surface area contributed by atoms with E-state index in [0.29, 0.717) is 40.6 Å². The lowest BCUT2D eigenvalue weighted by molar-refractivity contribution is -0.132. The fourth-order valence-electron chi connectivity index (χ4n) is 1.39. The number of hydrogen-bond donors (Lipinski definition) is 0. The molecule has 0 aliphatic carbocycles. The Morgan fingerprint density at radius 1 is 1.16 bits per heavy atom. The molecule has 1 aromatic carbocycles. The van der Waals surface area contributed by atoms with Crippen LogP contribution in [0.4, 0.5) is 0 Å². The Labute approximate surface area is 132 Å². The van der Waals surface area contributed by atoms with Crippen molar-refractivity contribution in [2.45, 2.75) is 0 Å². The van der Waals surface area contributed by atoms with Gasteiger partial charge in [-0.1, -0.05) is 23.2 Å². The Balaban J connectivity index is 2.56. The summed E-state index contributed by atoms with van der Waals surface area (Å²) in [4.78, 5) is 13.4. The van der Waals surface area contributed by atoms with Crippen LogP contribution >= 0.6 is 46.4 Å². The molecule has 7 heteroatoms. The molecule has 0 aliphatic heterocycles. The van der Waals surface area contributed by atoms with Crippen LogP contribution in [0.2, 0.25) is 10.0 Å². The van der Waals surface area contributed by atoms with Gasteiger partial charge in [0.1, 0.15) is 5.75 Å². The second-order valence-electron chi connectivity index (χ2n) is 3.62. The number of rotatable bonds is 7. The van der Waals surface area contributed by atoms with Crippen molar-refractivity contribution in [3.8, 4) is 5.75 Å². The highest BCUT2D eigenvalue weighted by atomic mass is 35.5. The number of carbonyl (C=O) groups is 1. The summed E-state index contributed by atoms with van der Waals surface area (Å²) < 4.78 is 5.36. The molecule has 0 N–H and O–H groups in total. The monoisotopic (exact) mass is 343 g/mol. The Bertz CT molecular complexity index is 422. The molecule has 0 fully saturated rings. The lowest BCUT2D eigenvalue weighted by Crippen LogP contribution is -2.37. The molecule has 0 spiro atoms. The minimum Gasteiger partial charge on any atom is -0.482 e. The molecule has 106 valence electrons. The highest BCUT2D eigenvalue weighted by molar-refractivity contribution is 6.35. The first-order chi connectivity index (χ1) is 9.08. The Morgan fingerprint density at radius 2 is 1.79 bits per heavy atom. The van der Waals surface area contributed by atoms with Crippen molar-refractivity contribution in [3.63, 3.8) is 0 Å². The van der Waals surface area contributed by atoms with Crippen LogP contribution in [0.15, 0.2) is 18.2 Å². The van der Waals surface area contributed by atoms with Gasteiger partial charge in [0.2, 0.25) is 0 Å². The Morgan fingerprint density at radius 3 is 2.32 bits per heavy atom. The standard InChI is InChI=1S/C12H13Cl4NO2/c13-3-5-17(6-4-14)12(18)8-19-11-2-1-9(15)7-10(11)16/h1-2,7H,3-6,8H2. The van der Waals surface area contributed by atoms with Crippen LogP contribution < -0.4 is 4.74 Å². The van der Waals surface area contributed by atoms with Crippen molar-refractivity contribution >= 4 is 52.3 Å². The number of halogens is 4. The van der Waals surface area contributed by atoms with Crippen LogP contribution in [0, 0.1) is 0 Å². The third kappa shape index (κ3) is 5.65. The van der Waals surface area contributed by atoms with Crippen molar-refractivity contribution in [2.24, 2.45) is 0 Å². The summed E-state index contributed by atoms with van der Waals surface area (Å²) in [6.45, 7) is 0.755. The Kier molecular flexibility index (Phi) is 7.69. The normalized spacial score (nSPS) is 10.3. The van der Waals surface area contributed by atoms with E-state index in [2.05, 4.69) is 0 Å². The zero-order valence-electron chi connectivity index (χ0n) is 10.0. The smallest absolute Gasteiger partial charge is 0.260 e. The average molecular weight is 345 g/mol. The third-order valence-corrected chi connectivity index (χ3v) is 3.18. The van der Waals surface area contributed by atoms with Crippen LogP contribution in [-0.4, -0.2) is 42.3 Å². The highest BCUT2D eigenvalue weighted by Crippen LogP contribution is 2.27. The lowest BCUT2D eigenvalue weighted by Gasteiger charge is -2.20. The number of amides is 1. The summed E-state index contributed by atoms with van der Waals surface area (Å²) >= 11 is 23.0. The first-order valence-electron chi connectivity index (χ1n) is 5.56. The van der Waals surface area contributed by atoms with Crippen LogP contribution in [0.1, 0.15) is 0 Å². The van der Waals surface area contributed by atoms with Gasteiger partial charge in [0.05, 0.1) is 5.02 Å². The summed E-state index contributed by atoms with van der Waals surface area (Å²) in [7, 11) is 0. The molecule has 0 bridgehead atoms. The van der Waals surface area contributed by atoms with E-state index < -0.39 is 0 Å². The second-order valence-corrected chi connectivity index (χ2v) is 5.22. The van der Waals surface area contributed by atoms with Gasteiger partial charge in [0, 0.05) is 29.9 Å². The maximum absolute atomic E-state index is 11.9. The maximum atomic E-state index is 11.9. The molecule has 0 heterocycles. The molecule has 0 saturated heterocycles. The molecule has 0 aliphatic rings. The second kappa shape index (κ2) is 8.75. The van der Waals surface area contributed by atoms with Gasteiger partial charge in [-0.25, -0.2) is 0 Å². The van der Waals surface area contributed by atoms with Crippen molar-refractivity contribution in [2.75, 3.05) is 31.5 Å². The fourth-order valence-corrected chi connectivity index (χ4v) is 2.26. The van der Waals surface area contributed by atoms with E-state index >= 15 is 0 Å². The van der Waals surface area contributed by atoms with E-state index in [0.717, 1.165) is 0 Å². The van der Waals surface area contributed by atoms with Crippen LogP contribution in [0.5, 0.6) is 5.75 Å². The van der Waals surface area contributed by atoms with E-state index in [9.17, 15) is 4.79 Å². The summed E-state index contributed by atoms with van der Waals surface area (Å²) in [5.41, 5.74) is 0. The van der Waals surface area contributed by atoms with Gasteiger partial charge in [-0.2, -0.15) is 0 Å². The van der Waals surface area contributed by atoms with Crippen LogP contribution in [-0.2, 0) is 4.79 Å². The zero-order chi connectivity index (χ0) is 14.3. The topological polar surface area (TPSA) is 29.5 Å². The minimum atomic E-state index is -0.188. The maximum Gasteiger partial charge on any atom is 0.260 e. The Hall–Kier alpha value is -0.350. The summed E-state index contributed by atoms with van der Waals surface area (Å²) in [6, 6.07) is 4.81. The van der Waals surface area contributed by atoms with Gasteiger partial charge in [0.25, 0.3) is 5.91 Å². The van der Waals surface area contributed by atoms with Crippen LogP contribution in [0.25, 0.3) is 0 Å². The minimum absolute atomic E-state index is 0.116. The molecule has 19 heavy (non-hydrogen) atoms. The van der Waals surface area contributed by atoms with Crippen molar-refractivity contribution in [1.82, 2.24) is 4.90 Å². The van der Waals surface area contributed by atoms with Crippen molar-refractivity contribution < 1.29 is 9.53 Å². The van der Waals surface area contributed by atoms with E-state index in [1.807, 2.05) is 0 Å². The molecular formula is C12H13Cl4NO2. The number of benzene rings is 1. The third-order valence-electron chi connectivity index (χ3n) is 2.31. The van der Waals surface area contributed by atoms with Crippen molar-refractivity contribution in [3.05, 3.63) is 28.2 Å². The van der Waals surface area contributed by atoms with E-state index in [-0.39, 0.29) is 12.5 Å². The predicted octanol–water partition coefficient (Wildman–Crippen LogP) is 3.68. The van der Waals surface area contributed by atoms with Gasteiger partial charge in [0.15, 0.2) is 6.61 Å². The fraction of sp³-hybridized carbons (Fsp3) is 0.417. The predicted molar refractivity (Wildman–Crippen MR) is 80.0 cm³/mol. The molecule has 0 atom stereocenters. The van der Waals surface area contributed by atoms with Gasteiger partial charge >= 0.3 is 0 Å².